The summed E-state index contributed by atoms with van der Waals surface area (Å²) in [6, 6.07) is 0.101. The quantitative estimate of drug-likeness (QED) is 0.749. The first-order valence-corrected chi connectivity index (χ1v) is 5.08. The number of hydrogen-bond acceptors (Lipinski definition) is 5. The number of tetrazole rings is 1. The molecule has 1 atom stereocenters. The Morgan fingerprint density at radius 2 is 2.25 bits per heavy atom. The van der Waals surface area contributed by atoms with Crippen LogP contribution in [0.15, 0.2) is 12.4 Å². The maximum atomic E-state index is 4.31. The van der Waals surface area contributed by atoms with Crippen molar-refractivity contribution in [2.45, 2.75) is 12.5 Å². The van der Waals surface area contributed by atoms with Crippen LogP contribution in [-0.2, 0) is 20.5 Å². The summed E-state index contributed by atoms with van der Waals surface area (Å²) >= 11 is 0. The van der Waals surface area contributed by atoms with Gasteiger partial charge in [0, 0.05) is 25.9 Å². The topological polar surface area (TPSA) is 73.5 Å². The summed E-state index contributed by atoms with van der Waals surface area (Å²) in [5.74, 6) is 1.68. The zero-order valence-corrected chi connectivity index (χ0v) is 9.62. The Labute approximate surface area is 93.5 Å². The smallest absolute Gasteiger partial charge is 0.176 e. The molecule has 0 amide bonds. The fourth-order valence-corrected chi connectivity index (χ4v) is 1.62. The molecule has 16 heavy (non-hydrogen) atoms. The summed E-state index contributed by atoms with van der Waals surface area (Å²) in [4.78, 5) is 5.77. The van der Waals surface area contributed by atoms with Crippen molar-refractivity contribution in [3.8, 4) is 0 Å². The molecule has 0 aliphatic heterocycles. The van der Waals surface area contributed by atoms with Crippen molar-refractivity contribution in [1.29, 1.82) is 0 Å². The summed E-state index contributed by atoms with van der Waals surface area (Å²) in [5.41, 5.74) is 0. The minimum absolute atomic E-state index is 0.101. The molecule has 1 unspecified atom stereocenters. The Kier molecular flexibility index (Phi) is 2.95. The van der Waals surface area contributed by atoms with Crippen LogP contribution in [0.5, 0.6) is 0 Å². The lowest BCUT2D eigenvalue weighted by Gasteiger charge is -2.13. The molecule has 0 aromatic carbocycles. The fraction of sp³-hybridized carbons (Fsp3) is 0.556. The van der Waals surface area contributed by atoms with E-state index in [9.17, 15) is 0 Å². The second-order valence-electron chi connectivity index (χ2n) is 3.64. The average Bonchev–Trinajstić information content (AvgIpc) is 2.84. The van der Waals surface area contributed by atoms with Gasteiger partial charge in [0.15, 0.2) is 5.82 Å². The molecule has 2 aromatic rings. The summed E-state index contributed by atoms with van der Waals surface area (Å²) in [5, 5.41) is 15.1. The van der Waals surface area contributed by atoms with Crippen LogP contribution in [0.2, 0.25) is 0 Å². The van der Waals surface area contributed by atoms with Crippen LogP contribution in [-0.4, -0.2) is 36.8 Å². The predicted octanol–water partition coefficient (Wildman–Crippen LogP) is -0.553. The van der Waals surface area contributed by atoms with Crippen LogP contribution in [0.4, 0.5) is 0 Å². The molecule has 0 spiro atoms. The Morgan fingerprint density at radius 3 is 2.75 bits per heavy atom. The van der Waals surface area contributed by atoms with Gasteiger partial charge in [-0.05, 0) is 12.3 Å². The molecule has 0 radical (unpaired) electrons. The Bertz CT molecular complexity index is 458. The standard InChI is InChI=1S/C9H15N7/c1-10-7(9-11-4-5-15(9)2)6-8-12-14-16(3)13-8/h4-5,7,10H,6H2,1-3H3. The first kappa shape index (κ1) is 10.7. The van der Waals surface area contributed by atoms with E-state index < -0.39 is 0 Å². The summed E-state index contributed by atoms with van der Waals surface area (Å²) in [6.07, 6.45) is 4.38. The van der Waals surface area contributed by atoms with Gasteiger partial charge in [0.2, 0.25) is 0 Å². The lowest BCUT2D eigenvalue weighted by molar-refractivity contribution is 0.524. The van der Waals surface area contributed by atoms with Gasteiger partial charge in [-0.2, -0.15) is 4.80 Å². The van der Waals surface area contributed by atoms with Crippen LogP contribution in [0, 0.1) is 0 Å². The molecule has 86 valence electrons. The third-order valence-corrected chi connectivity index (χ3v) is 2.46. The van der Waals surface area contributed by atoms with E-state index >= 15 is 0 Å². The zero-order valence-electron chi connectivity index (χ0n) is 9.62. The van der Waals surface area contributed by atoms with E-state index in [0.717, 1.165) is 5.82 Å². The van der Waals surface area contributed by atoms with Crippen LogP contribution in [0.3, 0.4) is 0 Å². The molecule has 1 N–H and O–H groups in total. The number of likely N-dealkylation sites (N-methyl/N-ethyl adjacent to an activating group) is 1. The molecule has 7 heteroatoms. The maximum Gasteiger partial charge on any atom is 0.176 e. The second kappa shape index (κ2) is 4.40. The van der Waals surface area contributed by atoms with Crippen molar-refractivity contribution in [1.82, 2.24) is 35.1 Å². The Morgan fingerprint density at radius 1 is 1.44 bits per heavy atom. The molecule has 2 heterocycles. The number of imidazole rings is 1. The molecular weight excluding hydrogens is 206 g/mol. The third kappa shape index (κ3) is 2.08. The number of nitrogens with one attached hydrogen (secondary N) is 1. The SMILES string of the molecule is CNC(Cc1nnn(C)n1)c1nccn1C. The average molecular weight is 221 g/mol. The molecule has 0 saturated carbocycles. The van der Waals surface area contributed by atoms with Crippen LogP contribution >= 0.6 is 0 Å². The van der Waals surface area contributed by atoms with E-state index in [2.05, 4.69) is 25.7 Å². The highest BCUT2D eigenvalue weighted by Gasteiger charge is 2.16. The number of hydrogen-bond donors (Lipinski definition) is 1. The molecule has 0 fully saturated rings. The van der Waals surface area contributed by atoms with Gasteiger partial charge in [-0.25, -0.2) is 4.98 Å². The summed E-state index contributed by atoms with van der Waals surface area (Å²) in [6.45, 7) is 0. The molecule has 0 saturated heterocycles. The Balaban J connectivity index is 2.15. The van der Waals surface area contributed by atoms with E-state index in [4.69, 9.17) is 0 Å². The molecule has 0 aliphatic rings. The highest BCUT2D eigenvalue weighted by molar-refractivity contribution is 5.01. The van der Waals surface area contributed by atoms with E-state index in [0.29, 0.717) is 12.2 Å². The molecule has 2 rings (SSSR count). The zero-order chi connectivity index (χ0) is 11.5. The first-order valence-electron chi connectivity index (χ1n) is 5.08. The van der Waals surface area contributed by atoms with Crippen LogP contribution < -0.4 is 5.32 Å². The minimum Gasteiger partial charge on any atom is -0.337 e. The number of rotatable bonds is 4. The van der Waals surface area contributed by atoms with Gasteiger partial charge in [-0.1, -0.05) is 0 Å². The Hall–Kier alpha value is -1.76. The van der Waals surface area contributed by atoms with Crippen LogP contribution in [0.1, 0.15) is 17.7 Å². The van der Waals surface area contributed by atoms with Crippen molar-refractivity contribution in [2.24, 2.45) is 14.1 Å². The van der Waals surface area contributed by atoms with Crippen molar-refractivity contribution >= 4 is 0 Å². The van der Waals surface area contributed by atoms with Gasteiger partial charge in [0.1, 0.15) is 5.82 Å². The highest BCUT2D eigenvalue weighted by atomic mass is 15.6. The molecule has 2 aromatic heterocycles. The van der Waals surface area contributed by atoms with E-state index in [-0.39, 0.29) is 6.04 Å². The molecule has 0 bridgehead atoms. The van der Waals surface area contributed by atoms with Gasteiger partial charge in [-0.3, -0.25) is 0 Å². The fourth-order valence-electron chi connectivity index (χ4n) is 1.62. The van der Waals surface area contributed by atoms with Gasteiger partial charge in [-0.15, -0.1) is 10.2 Å². The lowest BCUT2D eigenvalue weighted by Crippen LogP contribution is -2.22. The van der Waals surface area contributed by atoms with Gasteiger partial charge in [0.25, 0.3) is 0 Å². The van der Waals surface area contributed by atoms with Gasteiger partial charge >= 0.3 is 0 Å². The highest BCUT2D eigenvalue weighted by Crippen LogP contribution is 2.13. The lowest BCUT2D eigenvalue weighted by atomic mass is 10.2. The van der Waals surface area contributed by atoms with Gasteiger partial charge < -0.3 is 9.88 Å². The van der Waals surface area contributed by atoms with E-state index in [1.54, 1.807) is 13.2 Å². The largest absolute Gasteiger partial charge is 0.337 e. The van der Waals surface area contributed by atoms with E-state index in [1.165, 1.54) is 4.80 Å². The first-order chi connectivity index (χ1) is 7.70. The van der Waals surface area contributed by atoms with Crippen LogP contribution in [0.25, 0.3) is 0 Å². The number of nitrogens with zero attached hydrogens (tertiary/aromatic N) is 6. The maximum absolute atomic E-state index is 4.31. The predicted molar refractivity (Wildman–Crippen MR) is 57.5 cm³/mol. The van der Waals surface area contributed by atoms with E-state index in [1.807, 2.05) is 24.9 Å². The minimum atomic E-state index is 0.101. The van der Waals surface area contributed by atoms with Gasteiger partial charge in [0.05, 0.1) is 13.1 Å². The summed E-state index contributed by atoms with van der Waals surface area (Å²) in [7, 11) is 5.62. The van der Waals surface area contributed by atoms with Crippen molar-refractivity contribution in [3.63, 3.8) is 0 Å². The normalized spacial score (nSPS) is 12.9. The number of aromatic nitrogens is 6. The molecule has 7 nitrogen and oxygen atoms in total. The summed E-state index contributed by atoms with van der Waals surface area (Å²) < 4.78 is 1.98. The number of aryl methyl sites for hydroxylation is 2. The second-order valence-corrected chi connectivity index (χ2v) is 3.64. The monoisotopic (exact) mass is 221 g/mol. The van der Waals surface area contributed by atoms with Crippen molar-refractivity contribution in [3.05, 3.63) is 24.0 Å². The molecule has 0 aliphatic carbocycles. The third-order valence-electron chi connectivity index (χ3n) is 2.46. The molecular formula is C9H15N7. The van der Waals surface area contributed by atoms with Crippen molar-refractivity contribution < 1.29 is 0 Å². The van der Waals surface area contributed by atoms with Crippen molar-refractivity contribution in [2.75, 3.05) is 7.05 Å².